The second kappa shape index (κ2) is 24.4. The largest absolute Gasteiger partial charge is 0.496 e. The lowest BCUT2D eigenvalue weighted by molar-refractivity contribution is 0.0421. The SMILES string of the molecule is COc1cc(-c2ccccc2)ccc1C(=O)NC1CCCC1COC(=O)c1cc(OCc2ccccc2)c(C(=O)c2c(OCc3ccccc3)cccc2C(=O)OCc2ccccc2)c(OCc2ccccc2)c1. The number of hydrogen-bond acceptors (Lipinski definition) is 10. The Morgan fingerprint density at radius 1 is 0.459 bits per heavy atom. The van der Waals surface area contributed by atoms with E-state index >= 15 is 4.79 Å². The van der Waals surface area contributed by atoms with Gasteiger partial charge in [-0.3, -0.25) is 9.59 Å². The summed E-state index contributed by atoms with van der Waals surface area (Å²) in [5.74, 6) is -1.98. The summed E-state index contributed by atoms with van der Waals surface area (Å²) in [5, 5.41) is 3.18. The molecule has 0 bridgehead atoms. The van der Waals surface area contributed by atoms with Crippen LogP contribution >= 0.6 is 0 Å². The summed E-state index contributed by atoms with van der Waals surface area (Å²) >= 11 is 0. The molecule has 1 aliphatic rings. The van der Waals surface area contributed by atoms with Crippen LogP contribution in [0.15, 0.2) is 200 Å². The number of hydrogen-bond donors (Lipinski definition) is 1. The van der Waals surface area contributed by atoms with Crippen LogP contribution in [-0.4, -0.2) is 43.4 Å². The Bertz CT molecular complexity index is 3120. The summed E-state index contributed by atoms with van der Waals surface area (Å²) in [6, 6.07) is 60.3. The predicted octanol–water partition coefficient (Wildman–Crippen LogP) is 12.4. The maximum atomic E-state index is 15.7. The topological polar surface area (TPSA) is 136 Å². The lowest BCUT2D eigenvalue weighted by Crippen LogP contribution is -2.39. The third kappa shape index (κ3) is 12.6. The third-order valence-electron chi connectivity index (χ3n) is 12.9. The quantitative estimate of drug-likeness (QED) is 0.0547. The average Bonchev–Trinajstić information content (AvgIpc) is 3.91. The number of ketones is 1. The van der Waals surface area contributed by atoms with Crippen molar-refractivity contribution in [2.45, 2.75) is 51.7 Å². The molecule has 1 fully saturated rings. The Morgan fingerprint density at radius 3 is 1.54 bits per heavy atom. The van der Waals surface area contributed by atoms with Gasteiger partial charge in [0.1, 0.15) is 55.0 Å². The fraction of sp³-hybridized carbons (Fsp3) is 0.175. The van der Waals surface area contributed by atoms with Crippen molar-refractivity contribution in [1.29, 1.82) is 0 Å². The molecule has 0 aromatic heterocycles. The minimum Gasteiger partial charge on any atom is -0.496 e. The van der Waals surface area contributed by atoms with Gasteiger partial charge in [0, 0.05) is 12.0 Å². The molecule has 2 atom stereocenters. The molecule has 1 N–H and O–H groups in total. The Hall–Kier alpha value is -8.96. The van der Waals surface area contributed by atoms with E-state index in [2.05, 4.69) is 5.32 Å². The van der Waals surface area contributed by atoms with E-state index in [1.54, 1.807) is 25.3 Å². The normalized spacial score (nSPS) is 13.8. The first-order valence-electron chi connectivity index (χ1n) is 24.6. The van der Waals surface area contributed by atoms with E-state index < -0.39 is 17.7 Å². The van der Waals surface area contributed by atoms with Gasteiger partial charge in [-0.1, -0.05) is 170 Å². The van der Waals surface area contributed by atoms with Gasteiger partial charge in [0.2, 0.25) is 5.78 Å². The van der Waals surface area contributed by atoms with E-state index in [1.165, 1.54) is 18.2 Å². The van der Waals surface area contributed by atoms with Gasteiger partial charge in [0.05, 0.1) is 36.0 Å². The molecule has 11 nitrogen and oxygen atoms in total. The van der Waals surface area contributed by atoms with Gasteiger partial charge in [-0.05, 0) is 82.6 Å². The molecule has 2 unspecified atom stereocenters. The predicted molar refractivity (Wildman–Crippen MR) is 282 cm³/mol. The molecule has 1 amide bonds. The van der Waals surface area contributed by atoms with Crippen LogP contribution in [0.5, 0.6) is 23.0 Å². The number of rotatable bonds is 21. The second-order valence-corrected chi connectivity index (χ2v) is 17.9. The summed E-state index contributed by atoms with van der Waals surface area (Å²) in [6.45, 7) is 0.0836. The first kappa shape index (κ1) is 50.0. The number of esters is 2. The number of carbonyl (C=O) groups is 4. The average molecular weight is 986 g/mol. The van der Waals surface area contributed by atoms with Crippen LogP contribution in [0.4, 0.5) is 0 Å². The summed E-state index contributed by atoms with van der Waals surface area (Å²) < 4.78 is 37.0. The maximum Gasteiger partial charge on any atom is 0.339 e. The summed E-state index contributed by atoms with van der Waals surface area (Å²) in [4.78, 5) is 58.0. The first-order chi connectivity index (χ1) is 36.3. The van der Waals surface area contributed by atoms with Crippen molar-refractivity contribution >= 4 is 23.6 Å². The van der Waals surface area contributed by atoms with Crippen LogP contribution in [0.25, 0.3) is 11.1 Å². The second-order valence-electron chi connectivity index (χ2n) is 17.9. The van der Waals surface area contributed by atoms with Crippen molar-refractivity contribution in [3.05, 3.63) is 250 Å². The van der Waals surface area contributed by atoms with Gasteiger partial charge >= 0.3 is 11.9 Å². The van der Waals surface area contributed by atoms with Crippen LogP contribution in [0.2, 0.25) is 0 Å². The van der Waals surface area contributed by atoms with E-state index in [0.717, 1.165) is 39.8 Å². The molecule has 372 valence electrons. The van der Waals surface area contributed by atoms with Gasteiger partial charge < -0.3 is 33.7 Å². The maximum absolute atomic E-state index is 15.7. The van der Waals surface area contributed by atoms with Gasteiger partial charge in [-0.2, -0.15) is 0 Å². The fourth-order valence-electron chi connectivity index (χ4n) is 8.97. The molecule has 74 heavy (non-hydrogen) atoms. The van der Waals surface area contributed by atoms with Crippen molar-refractivity contribution in [3.63, 3.8) is 0 Å². The van der Waals surface area contributed by atoms with Crippen molar-refractivity contribution in [1.82, 2.24) is 5.32 Å². The molecule has 0 aliphatic heterocycles. The van der Waals surface area contributed by atoms with Crippen LogP contribution in [-0.2, 0) is 35.9 Å². The molecular formula is C63H55NO10. The summed E-state index contributed by atoms with van der Waals surface area (Å²) in [7, 11) is 1.54. The summed E-state index contributed by atoms with van der Waals surface area (Å²) in [6.07, 6.45) is 2.23. The number of carbonyl (C=O) groups excluding carboxylic acids is 4. The molecule has 11 heteroatoms. The monoisotopic (exact) mass is 985 g/mol. The first-order valence-corrected chi connectivity index (χ1v) is 24.6. The zero-order chi connectivity index (χ0) is 51.1. The van der Waals surface area contributed by atoms with E-state index in [1.807, 2.05) is 164 Å². The standard InChI is InChI=1S/C63H55NO10/c1-69-55-35-48(47-27-15-6-16-28-47)33-34-51(55)61(66)64-53-31-17-29-49(53)42-74-62(67)50-36-56(71-39-44-21-9-3-10-22-44)59(57(37-50)72-40-45-23-11-4-12-24-45)60(65)58-52(63(68)73-41-46-25-13-5-14-26-46)30-18-32-54(58)70-38-43-19-7-2-8-20-43/h2-16,18-28,30,32-37,49,53H,17,29,31,38-42H2,1H3,(H,64,66). The zero-order valence-corrected chi connectivity index (χ0v) is 40.9. The van der Waals surface area contributed by atoms with E-state index in [0.29, 0.717) is 24.2 Å². The van der Waals surface area contributed by atoms with Crippen LogP contribution in [0.1, 0.15) is 88.5 Å². The number of benzene rings is 8. The molecule has 1 aliphatic carbocycles. The van der Waals surface area contributed by atoms with Gasteiger partial charge in [-0.15, -0.1) is 0 Å². The van der Waals surface area contributed by atoms with Crippen molar-refractivity contribution in [3.8, 4) is 34.1 Å². The highest BCUT2D eigenvalue weighted by atomic mass is 16.5. The lowest BCUT2D eigenvalue weighted by atomic mass is 9.94. The van der Waals surface area contributed by atoms with Crippen molar-refractivity contribution < 1.29 is 47.6 Å². The van der Waals surface area contributed by atoms with Gasteiger partial charge in [-0.25, -0.2) is 9.59 Å². The smallest absolute Gasteiger partial charge is 0.339 e. The van der Waals surface area contributed by atoms with Crippen LogP contribution in [0, 0.1) is 5.92 Å². The molecule has 0 heterocycles. The van der Waals surface area contributed by atoms with E-state index in [4.69, 9.17) is 28.4 Å². The number of nitrogens with one attached hydrogen (secondary N) is 1. The molecule has 9 rings (SSSR count). The molecule has 1 saturated carbocycles. The Kier molecular flexibility index (Phi) is 16.5. The summed E-state index contributed by atoms with van der Waals surface area (Å²) in [5.41, 5.74) is 5.41. The van der Waals surface area contributed by atoms with Gasteiger partial charge in [0.25, 0.3) is 5.91 Å². The molecule has 0 spiro atoms. The molecular weight excluding hydrogens is 931 g/mol. The Balaban J connectivity index is 1.04. The minimum atomic E-state index is -0.748. The van der Waals surface area contributed by atoms with E-state index in [9.17, 15) is 14.4 Å². The molecule has 8 aromatic rings. The molecule has 0 radical (unpaired) electrons. The van der Waals surface area contributed by atoms with Crippen molar-refractivity contribution in [2.24, 2.45) is 5.92 Å². The molecule has 0 saturated heterocycles. The van der Waals surface area contributed by atoms with Crippen LogP contribution in [0.3, 0.4) is 0 Å². The molecule has 8 aromatic carbocycles. The number of methoxy groups -OCH3 is 1. The fourth-order valence-corrected chi connectivity index (χ4v) is 8.97. The Morgan fingerprint density at radius 2 is 0.986 bits per heavy atom. The third-order valence-corrected chi connectivity index (χ3v) is 12.9. The zero-order valence-electron chi connectivity index (χ0n) is 40.9. The van der Waals surface area contributed by atoms with Gasteiger partial charge in [0.15, 0.2) is 0 Å². The highest BCUT2D eigenvalue weighted by Gasteiger charge is 2.33. The Labute approximate surface area is 430 Å². The lowest BCUT2D eigenvalue weighted by Gasteiger charge is -2.22. The minimum absolute atomic E-state index is 0.00946. The number of amides is 1. The highest BCUT2D eigenvalue weighted by molar-refractivity contribution is 6.19. The van der Waals surface area contributed by atoms with Crippen LogP contribution < -0.4 is 24.3 Å². The highest BCUT2D eigenvalue weighted by Crippen LogP contribution is 2.39. The number of ether oxygens (including phenoxy) is 6. The van der Waals surface area contributed by atoms with Crippen molar-refractivity contribution in [2.75, 3.05) is 13.7 Å². The van der Waals surface area contributed by atoms with E-state index in [-0.39, 0.29) is 90.4 Å².